The second-order valence-corrected chi connectivity index (χ2v) is 10.0. The van der Waals surface area contributed by atoms with Crippen molar-refractivity contribution in [3.8, 4) is 0 Å². The fourth-order valence-electron chi connectivity index (χ4n) is 4.23. The van der Waals surface area contributed by atoms with Crippen molar-refractivity contribution in [1.82, 2.24) is 14.8 Å². The summed E-state index contributed by atoms with van der Waals surface area (Å²) in [6, 6.07) is -0.538. The van der Waals surface area contributed by atoms with Crippen LogP contribution in [0.1, 0.15) is 86.3 Å². The predicted molar refractivity (Wildman–Crippen MR) is 114 cm³/mol. The summed E-state index contributed by atoms with van der Waals surface area (Å²) in [5.41, 5.74) is 5.57. The Morgan fingerprint density at radius 2 is 2.03 bits per heavy atom. The lowest BCUT2D eigenvalue weighted by Crippen LogP contribution is -2.17. The zero-order valence-electron chi connectivity index (χ0n) is 17.3. The minimum absolute atomic E-state index is 0.000396. The number of carbonyl (C=O) groups is 1. The van der Waals surface area contributed by atoms with Gasteiger partial charge in [-0.1, -0.05) is 0 Å². The lowest BCUT2D eigenvalue weighted by atomic mass is 9.98. The van der Waals surface area contributed by atoms with E-state index < -0.39 is 22.7 Å². The maximum absolute atomic E-state index is 14.2. The van der Waals surface area contributed by atoms with Crippen LogP contribution in [0.4, 0.5) is 14.9 Å². The van der Waals surface area contributed by atoms with Gasteiger partial charge in [-0.3, -0.25) is 14.8 Å². The van der Waals surface area contributed by atoms with Crippen molar-refractivity contribution < 1.29 is 9.18 Å². The van der Waals surface area contributed by atoms with Gasteiger partial charge in [-0.2, -0.15) is 5.10 Å². The van der Waals surface area contributed by atoms with Crippen LogP contribution in [-0.2, 0) is 23.7 Å². The topological polar surface area (TPSA) is 98.2 Å². The lowest BCUT2D eigenvalue weighted by Gasteiger charge is -2.18. The van der Waals surface area contributed by atoms with E-state index in [4.69, 9.17) is 10.1 Å². The van der Waals surface area contributed by atoms with Crippen LogP contribution in [0.2, 0.25) is 0 Å². The highest BCUT2D eigenvalue weighted by molar-refractivity contribution is 7.85. The molecule has 160 valence electrons. The molecule has 9 heteroatoms. The van der Waals surface area contributed by atoms with E-state index in [2.05, 4.69) is 14.8 Å². The van der Waals surface area contributed by atoms with Crippen molar-refractivity contribution in [3.05, 3.63) is 34.5 Å². The molecule has 2 saturated carbocycles. The van der Waals surface area contributed by atoms with Crippen molar-refractivity contribution in [1.29, 1.82) is 0 Å². The zero-order valence-corrected chi connectivity index (χ0v) is 18.1. The molecule has 3 aliphatic carbocycles. The Hall–Kier alpha value is -2.13. The molecule has 2 fully saturated rings. The van der Waals surface area contributed by atoms with Gasteiger partial charge in [0.15, 0.2) is 10.8 Å². The molecule has 1 atom stereocenters. The molecule has 1 unspecified atom stereocenters. The van der Waals surface area contributed by atoms with Gasteiger partial charge in [-0.05, 0) is 70.3 Å². The van der Waals surface area contributed by atoms with Crippen LogP contribution in [0, 0.1) is 5.82 Å². The maximum Gasteiger partial charge on any atom is 0.352 e. The van der Waals surface area contributed by atoms with Crippen molar-refractivity contribution in [2.75, 3.05) is 5.32 Å². The number of pyridine rings is 1. The second kappa shape index (κ2) is 7.53. The van der Waals surface area contributed by atoms with E-state index in [-0.39, 0.29) is 11.1 Å². The van der Waals surface area contributed by atoms with Crippen LogP contribution in [0.5, 0.6) is 0 Å². The van der Waals surface area contributed by atoms with Gasteiger partial charge in [-0.25, -0.2) is 9.18 Å². The Balaban J connectivity index is 1.47. The fraction of sp³-hybridized carbons (Fsp3) is 0.571. The summed E-state index contributed by atoms with van der Waals surface area (Å²) in [4.78, 5) is 17.8. The molecule has 2 heterocycles. The van der Waals surface area contributed by atoms with E-state index in [1.807, 2.05) is 13.8 Å². The summed E-state index contributed by atoms with van der Waals surface area (Å²) in [6.45, 7) is 3.80. The van der Waals surface area contributed by atoms with Crippen LogP contribution in [-0.4, -0.2) is 20.8 Å². The third kappa shape index (κ3) is 3.69. The molecular formula is C21H27FN6OS. The Morgan fingerprint density at radius 3 is 2.67 bits per heavy atom. The number of nitrogens with zero attached hydrogens (tertiary/aromatic N) is 4. The number of nitrogens with two attached hydrogens (primary N) is 1. The molecule has 30 heavy (non-hydrogen) atoms. The molecule has 5 rings (SSSR count). The molecule has 0 radical (unpaired) electrons. The monoisotopic (exact) mass is 430 g/mol. The van der Waals surface area contributed by atoms with E-state index in [0.29, 0.717) is 11.8 Å². The molecule has 0 aromatic carbocycles. The second-order valence-electron chi connectivity index (χ2n) is 8.81. The molecular weight excluding hydrogens is 403 g/mol. The standard InChI is InChI=1S/C21H27FN6OS/c1-11(2)28-10-15(22)20(26-28)30(23)27-21(29)25-19-14-4-3-5-16(14)24-18(13-8-9-13)17(19)12-6-7-12/h10-13H,3-9H2,1-2H3,(H3,23,24,25,27,29). The Bertz CT molecular complexity index is 1050. The molecule has 2 amide bonds. The molecule has 3 N–H and O–H groups in total. The number of aromatic nitrogens is 3. The third-order valence-electron chi connectivity index (χ3n) is 6.04. The molecule has 3 aliphatic rings. The molecule has 0 bridgehead atoms. The van der Waals surface area contributed by atoms with Gasteiger partial charge in [0.1, 0.15) is 0 Å². The van der Waals surface area contributed by atoms with Crippen molar-refractivity contribution in [2.45, 2.75) is 81.7 Å². The van der Waals surface area contributed by atoms with Crippen LogP contribution in [0.15, 0.2) is 15.6 Å². The summed E-state index contributed by atoms with van der Waals surface area (Å²) < 4.78 is 19.8. The Morgan fingerprint density at radius 1 is 1.30 bits per heavy atom. The summed E-state index contributed by atoms with van der Waals surface area (Å²) in [5, 5.41) is 13.3. The first kappa shape index (κ1) is 19.8. The van der Waals surface area contributed by atoms with E-state index in [9.17, 15) is 9.18 Å². The summed E-state index contributed by atoms with van der Waals surface area (Å²) >= 11 is 0. The van der Waals surface area contributed by atoms with Crippen molar-refractivity contribution >= 4 is 22.6 Å². The molecule has 7 nitrogen and oxygen atoms in total. The number of fused-ring (bicyclic) bond motifs is 1. The molecule has 0 spiro atoms. The minimum atomic E-state index is -1.46. The van der Waals surface area contributed by atoms with Gasteiger partial charge in [0.05, 0.1) is 11.9 Å². The zero-order chi connectivity index (χ0) is 21.0. The van der Waals surface area contributed by atoms with Crippen LogP contribution in [0.25, 0.3) is 0 Å². The number of hydrogen-bond donors (Lipinski definition) is 2. The van der Waals surface area contributed by atoms with Crippen molar-refractivity contribution in [3.63, 3.8) is 0 Å². The van der Waals surface area contributed by atoms with E-state index in [0.717, 1.165) is 49.0 Å². The average Bonchev–Trinajstić information content (AvgIpc) is 3.62. The first-order valence-corrected chi connectivity index (χ1v) is 12.0. The SMILES string of the molecule is CC(C)n1cc(F)c(/S(N)=N\C(=O)Nc2c3c(nc(C4CC4)c2C2CC2)CCC3)n1. The van der Waals surface area contributed by atoms with E-state index in [1.54, 1.807) is 0 Å². The third-order valence-corrected chi connectivity index (χ3v) is 7.07. The van der Waals surface area contributed by atoms with Gasteiger partial charge in [-0.15, -0.1) is 4.36 Å². The number of hydrogen-bond acceptors (Lipinski definition) is 3. The van der Waals surface area contributed by atoms with E-state index >= 15 is 0 Å². The first-order valence-electron chi connectivity index (χ1n) is 10.7. The van der Waals surface area contributed by atoms with E-state index in [1.165, 1.54) is 35.0 Å². The number of amides is 2. The van der Waals surface area contributed by atoms with Crippen LogP contribution < -0.4 is 10.5 Å². The molecule has 0 aliphatic heterocycles. The first-order chi connectivity index (χ1) is 14.4. The highest BCUT2D eigenvalue weighted by atomic mass is 32.2. The summed E-state index contributed by atoms with van der Waals surface area (Å²) in [5.74, 6) is 0.465. The van der Waals surface area contributed by atoms with Gasteiger partial charge in [0.2, 0.25) is 0 Å². The highest BCUT2D eigenvalue weighted by Gasteiger charge is 2.38. The van der Waals surface area contributed by atoms with Gasteiger partial charge >= 0.3 is 6.03 Å². The predicted octanol–water partition coefficient (Wildman–Crippen LogP) is 4.51. The highest BCUT2D eigenvalue weighted by Crippen LogP contribution is 2.52. The number of aryl methyl sites for hydroxylation is 1. The summed E-state index contributed by atoms with van der Waals surface area (Å²) in [6.07, 6.45) is 8.85. The maximum atomic E-state index is 14.2. The largest absolute Gasteiger partial charge is 0.352 e. The average molecular weight is 431 g/mol. The number of rotatable bonds is 5. The molecule has 2 aromatic heterocycles. The lowest BCUT2D eigenvalue weighted by molar-refractivity contribution is 0.260. The van der Waals surface area contributed by atoms with Gasteiger partial charge in [0, 0.05) is 39.8 Å². The Kier molecular flexibility index (Phi) is 4.97. The van der Waals surface area contributed by atoms with Gasteiger partial charge in [0.25, 0.3) is 0 Å². The quantitative estimate of drug-likeness (QED) is 0.729. The van der Waals surface area contributed by atoms with Crippen molar-refractivity contribution in [2.24, 2.45) is 9.50 Å². The number of anilines is 1. The summed E-state index contributed by atoms with van der Waals surface area (Å²) in [7, 11) is -1.46. The minimum Gasteiger partial charge on any atom is -0.305 e. The number of nitrogens with one attached hydrogen (secondary N) is 1. The normalized spacial score (nSPS) is 19.4. The number of carbonyl (C=O) groups excluding carboxylic acids is 1. The molecule has 2 aromatic rings. The smallest absolute Gasteiger partial charge is 0.305 e. The van der Waals surface area contributed by atoms with Crippen LogP contribution >= 0.6 is 0 Å². The van der Waals surface area contributed by atoms with Gasteiger partial charge < -0.3 is 5.32 Å². The fourth-order valence-corrected chi connectivity index (χ4v) is 4.98. The number of halogens is 1. The van der Waals surface area contributed by atoms with Crippen LogP contribution in [0.3, 0.4) is 0 Å². The Labute approximate surface area is 177 Å². The molecule has 0 saturated heterocycles. The number of urea groups is 1.